The summed E-state index contributed by atoms with van der Waals surface area (Å²) in [6, 6.07) is 9.92. The molecule has 0 bridgehead atoms. The van der Waals surface area contributed by atoms with Gasteiger partial charge < -0.3 is 13.9 Å². The van der Waals surface area contributed by atoms with Crippen LogP contribution in [0.2, 0.25) is 0 Å². The summed E-state index contributed by atoms with van der Waals surface area (Å²) in [6.07, 6.45) is 3.04. The van der Waals surface area contributed by atoms with E-state index in [1.165, 1.54) is 13.4 Å². The van der Waals surface area contributed by atoms with Crippen LogP contribution in [-0.4, -0.2) is 24.9 Å². The van der Waals surface area contributed by atoms with Gasteiger partial charge in [-0.25, -0.2) is 14.6 Å². The van der Waals surface area contributed by atoms with Crippen LogP contribution in [0.3, 0.4) is 0 Å². The van der Waals surface area contributed by atoms with Gasteiger partial charge in [-0.2, -0.15) is 0 Å². The highest BCUT2D eigenvalue weighted by Gasteiger charge is 2.25. The summed E-state index contributed by atoms with van der Waals surface area (Å²) in [5.41, 5.74) is 1.31. The molecule has 2 heterocycles. The van der Waals surface area contributed by atoms with E-state index in [1.807, 2.05) is 0 Å². The Morgan fingerprint density at radius 3 is 2.64 bits per heavy atom. The summed E-state index contributed by atoms with van der Waals surface area (Å²) in [5.74, 6) is -0.453. The van der Waals surface area contributed by atoms with Gasteiger partial charge >= 0.3 is 11.9 Å². The fourth-order valence-electron chi connectivity index (χ4n) is 1.91. The second kappa shape index (κ2) is 5.69. The van der Waals surface area contributed by atoms with E-state index in [0.717, 1.165) is 0 Å². The average molecular weight is 297 g/mol. The lowest BCUT2D eigenvalue weighted by atomic mass is 10.1. The van der Waals surface area contributed by atoms with Crippen LogP contribution in [0.15, 0.2) is 57.8 Å². The smallest absolute Gasteiger partial charge is 0.363 e. The van der Waals surface area contributed by atoms with Crippen molar-refractivity contribution in [2.24, 2.45) is 4.99 Å². The first-order valence-corrected chi connectivity index (χ1v) is 6.42. The zero-order valence-corrected chi connectivity index (χ0v) is 11.6. The van der Waals surface area contributed by atoms with Gasteiger partial charge in [-0.05, 0) is 35.9 Å². The Bertz CT molecular complexity index is 769. The maximum absolute atomic E-state index is 11.8. The number of hydrogen-bond donors (Lipinski definition) is 0. The number of carbonyl (C=O) groups is 2. The molecule has 0 N–H and O–H groups in total. The Labute approximate surface area is 125 Å². The zero-order chi connectivity index (χ0) is 15.5. The number of methoxy groups -OCH3 is 1. The molecule has 1 aliphatic heterocycles. The molecule has 0 amide bonds. The Balaban J connectivity index is 1.85. The van der Waals surface area contributed by atoms with Gasteiger partial charge in [-0.1, -0.05) is 12.1 Å². The van der Waals surface area contributed by atoms with Crippen LogP contribution in [-0.2, 0) is 14.3 Å². The van der Waals surface area contributed by atoms with Crippen LogP contribution in [0.4, 0.5) is 0 Å². The van der Waals surface area contributed by atoms with Gasteiger partial charge in [-0.3, -0.25) is 0 Å². The molecule has 1 aromatic heterocycles. The van der Waals surface area contributed by atoms with Crippen molar-refractivity contribution in [2.45, 2.75) is 0 Å². The largest absolute Gasteiger partial charge is 0.465 e. The van der Waals surface area contributed by atoms with Crippen LogP contribution >= 0.6 is 0 Å². The van der Waals surface area contributed by atoms with Gasteiger partial charge in [0.05, 0.1) is 18.9 Å². The third-order valence-electron chi connectivity index (χ3n) is 2.99. The minimum absolute atomic E-state index is 0.132. The van der Waals surface area contributed by atoms with Gasteiger partial charge in [-0.15, -0.1) is 0 Å². The Kier molecular flexibility index (Phi) is 3.57. The highest BCUT2D eigenvalue weighted by atomic mass is 16.6. The molecule has 0 spiro atoms. The molecule has 22 heavy (non-hydrogen) atoms. The third-order valence-corrected chi connectivity index (χ3v) is 2.99. The average Bonchev–Trinajstić information content (AvgIpc) is 3.18. The molecule has 1 aliphatic rings. The molecule has 0 fully saturated rings. The second-order valence-corrected chi connectivity index (χ2v) is 4.43. The van der Waals surface area contributed by atoms with E-state index in [4.69, 9.17) is 9.15 Å². The number of cyclic esters (lactones) is 1. The van der Waals surface area contributed by atoms with Crippen LogP contribution in [0, 0.1) is 0 Å². The molecule has 0 unspecified atom stereocenters. The number of benzene rings is 1. The number of hydrogen-bond acceptors (Lipinski definition) is 6. The number of nitrogens with zero attached hydrogens (tertiary/aromatic N) is 1. The molecule has 0 aliphatic carbocycles. The van der Waals surface area contributed by atoms with Gasteiger partial charge in [0, 0.05) is 0 Å². The Morgan fingerprint density at radius 1 is 1.23 bits per heavy atom. The van der Waals surface area contributed by atoms with Crippen LogP contribution in [0.25, 0.3) is 6.08 Å². The van der Waals surface area contributed by atoms with Crippen LogP contribution in [0.5, 0.6) is 0 Å². The summed E-state index contributed by atoms with van der Waals surface area (Å²) in [5, 5.41) is 0. The second-order valence-electron chi connectivity index (χ2n) is 4.43. The van der Waals surface area contributed by atoms with E-state index in [-0.39, 0.29) is 11.6 Å². The van der Waals surface area contributed by atoms with E-state index >= 15 is 0 Å². The monoisotopic (exact) mass is 297 g/mol. The Hall–Kier alpha value is -3.15. The number of esters is 2. The van der Waals surface area contributed by atoms with Gasteiger partial charge in [0.15, 0.2) is 11.5 Å². The molecular weight excluding hydrogens is 286 g/mol. The molecule has 110 valence electrons. The standard InChI is InChI=1S/C16H11NO5/c1-20-15(18)11-6-4-10(5-7-11)9-12-16(19)22-14(17-12)13-3-2-8-21-13/h2-9H,1H3. The minimum atomic E-state index is -0.552. The predicted molar refractivity (Wildman–Crippen MR) is 77.1 cm³/mol. The molecule has 6 heteroatoms. The van der Waals surface area contributed by atoms with Crippen molar-refractivity contribution in [3.8, 4) is 0 Å². The van der Waals surface area contributed by atoms with Gasteiger partial charge in [0.1, 0.15) is 0 Å². The third kappa shape index (κ3) is 2.67. The first-order chi connectivity index (χ1) is 10.7. The molecule has 1 aromatic carbocycles. The highest BCUT2D eigenvalue weighted by molar-refractivity contribution is 6.11. The molecule has 6 nitrogen and oxygen atoms in total. The molecule has 0 saturated heterocycles. The van der Waals surface area contributed by atoms with Crippen molar-refractivity contribution >= 4 is 23.9 Å². The number of rotatable bonds is 3. The van der Waals surface area contributed by atoms with E-state index in [2.05, 4.69) is 9.73 Å². The van der Waals surface area contributed by atoms with Crippen LogP contribution < -0.4 is 0 Å². The predicted octanol–water partition coefficient (Wildman–Crippen LogP) is 2.41. The minimum Gasteiger partial charge on any atom is -0.465 e. The van der Waals surface area contributed by atoms with Gasteiger partial charge in [0.2, 0.25) is 0 Å². The summed E-state index contributed by atoms with van der Waals surface area (Å²) in [4.78, 5) is 27.2. The number of aliphatic imine (C=N–C) groups is 1. The maximum Gasteiger partial charge on any atom is 0.363 e. The lowest BCUT2D eigenvalue weighted by molar-refractivity contribution is -0.130. The lowest BCUT2D eigenvalue weighted by Gasteiger charge is -1.99. The fraction of sp³-hybridized carbons (Fsp3) is 0.0625. The van der Waals surface area contributed by atoms with Crippen molar-refractivity contribution in [2.75, 3.05) is 7.11 Å². The van der Waals surface area contributed by atoms with E-state index in [9.17, 15) is 9.59 Å². The van der Waals surface area contributed by atoms with Crippen molar-refractivity contribution in [3.63, 3.8) is 0 Å². The number of ether oxygens (including phenoxy) is 2. The molecule has 0 saturated carbocycles. The van der Waals surface area contributed by atoms with Gasteiger partial charge in [0.25, 0.3) is 5.90 Å². The molecule has 2 aromatic rings. The maximum atomic E-state index is 11.8. The Morgan fingerprint density at radius 2 is 2.00 bits per heavy atom. The summed E-state index contributed by atoms with van der Waals surface area (Å²) in [6.45, 7) is 0. The summed E-state index contributed by atoms with van der Waals surface area (Å²) in [7, 11) is 1.32. The fourth-order valence-corrected chi connectivity index (χ4v) is 1.91. The zero-order valence-electron chi connectivity index (χ0n) is 11.6. The van der Waals surface area contributed by atoms with Crippen molar-refractivity contribution in [3.05, 3.63) is 65.2 Å². The highest BCUT2D eigenvalue weighted by Crippen LogP contribution is 2.19. The van der Waals surface area contributed by atoms with E-state index in [0.29, 0.717) is 16.9 Å². The summed E-state index contributed by atoms with van der Waals surface area (Å²) < 4.78 is 14.8. The van der Waals surface area contributed by atoms with Crippen molar-refractivity contribution < 1.29 is 23.5 Å². The molecule has 0 atom stereocenters. The normalized spacial score (nSPS) is 15.6. The lowest BCUT2D eigenvalue weighted by Crippen LogP contribution is -2.04. The first-order valence-electron chi connectivity index (χ1n) is 6.42. The number of furan rings is 1. The number of carbonyl (C=O) groups excluding carboxylic acids is 2. The SMILES string of the molecule is COC(=O)c1ccc(C=C2N=C(c3ccco3)OC2=O)cc1. The van der Waals surface area contributed by atoms with Crippen molar-refractivity contribution in [1.29, 1.82) is 0 Å². The summed E-state index contributed by atoms with van der Waals surface area (Å²) >= 11 is 0. The molecule has 0 radical (unpaired) electrons. The topological polar surface area (TPSA) is 78.1 Å². The van der Waals surface area contributed by atoms with E-state index < -0.39 is 11.9 Å². The quantitative estimate of drug-likeness (QED) is 0.642. The molecule has 3 rings (SSSR count). The molecular formula is C16H11NO5. The van der Waals surface area contributed by atoms with E-state index in [1.54, 1.807) is 42.5 Å². The van der Waals surface area contributed by atoms with Crippen molar-refractivity contribution in [1.82, 2.24) is 0 Å². The first kappa shape index (κ1) is 13.8. The van der Waals surface area contributed by atoms with Crippen LogP contribution in [0.1, 0.15) is 21.7 Å².